The van der Waals surface area contributed by atoms with Crippen LogP contribution in [-0.2, 0) is 38.1 Å². The Morgan fingerprint density at radius 2 is 0.902 bits per heavy atom. The van der Waals surface area contributed by atoms with E-state index in [4.69, 9.17) is 23.7 Å². The van der Waals surface area contributed by atoms with Gasteiger partial charge in [-0.3, -0.25) is 14.4 Å². The largest absolute Gasteiger partial charge is 0.460 e. The first-order chi connectivity index (χ1) is 19.7. The number of rotatable bonds is 29. The van der Waals surface area contributed by atoms with Gasteiger partial charge in [-0.2, -0.15) is 0 Å². The molecule has 0 aliphatic heterocycles. The van der Waals surface area contributed by atoms with E-state index in [1.807, 2.05) is 20.8 Å². The average Bonchev–Trinajstić information content (AvgIpc) is 2.92. The number of hydrogen-bond acceptors (Lipinski definition) is 8. The molecular weight excluding hydrogens is 596 g/mol. The molecule has 0 atom stereocenters. The first-order valence-corrected chi connectivity index (χ1v) is 16.5. The van der Waals surface area contributed by atoms with Gasteiger partial charge in [-0.1, -0.05) is 67.3 Å². The molecule has 0 radical (unpaired) electrons. The number of halogens is 1. The number of amides is 2. The Hall–Kier alpha value is -1.27. The molecule has 0 aromatic rings. The number of unbranched alkanes of at least 4 members (excludes halogenated alkanes) is 9. The summed E-state index contributed by atoms with van der Waals surface area (Å²) in [6.07, 6.45) is 12.4. The first kappa shape index (κ1) is 39.7. The minimum absolute atomic E-state index is 0.0576. The van der Waals surface area contributed by atoms with Crippen LogP contribution in [0.25, 0.3) is 0 Å². The molecule has 0 bridgehead atoms. The normalized spacial score (nSPS) is 11.4. The monoisotopic (exact) mass is 652 g/mol. The third-order valence-electron chi connectivity index (χ3n) is 5.83. The second-order valence-corrected chi connectivity index (χ2v) is 11.5. The zero-order valence-electron chi connectivity index (χ0n) is 25.9. The van der Waals surface area contributed by atoms with Crippen LogP contribution < -0.4 is 10.6 Å². The lowest BCUT2D eigenvalue weighted by atomic mass is 10.0. The SMILES string of the molecule is CC(C)(C)OC(=O)CCCCCCCCCCCCC(=O)NCCOCCOCCOCCOCCNC(=O)CBr. The quantitative estimate of drug-likeness (QED) is 0.0677. The van der Waals surface area contributed by atoms with E-state index in [0.717, 1.165) is 25.7 Å². The van der Waals surface area contributed by atoms with Crippen molar-refractivity contribution in [1.82, 2.24) is 10.6 Å². The Morgan fingerprint density at radius 3 is 1.32 bits per heavy atom. The van der Waals surface area contributed by atoms with Crippen molar-refractivity contribution in [2.75, 3.05) is 71.3 Å². The minimum atomic E-state index is -0.390. The molecule has 2 amide bonds. The molecule has 242 valence electrons. The minimum Gasteiger partial charge on any atom is -0.460 e. The Labute approximate surface area is 256 Å². The van der Waals surface area contributed by atoms with Crippen molar-refractivity contribution in [3.63, 3.8) is 0 Å². The van der Waals surface area contributed by atoms with Crippen LogP contribution in [0.1, 0.15) is 97.8 Å². The van der Waals surface area contributed by atoms with Gasteiger partial charge >= 0.3 is 5.97 Å². The highest BCUT2D eigenvalue weighted by atomic mass is 79.9. The molecule has 10 nitrogen and oxygen atoms in total. The van der Waals surface area contributed by atoms with Gasteiger partial charge in [-0.25, -0.2) is 0 Å². The van der Waals surface area contributed by atoms with Crippen LogP contribution in [0, 0.1) is 0 Å². The summed E-state index contributed by atoms with van der Waals surface area (Å²) in [7, 11) is 0. The topological polar surface area (TPSA) is 121 Å². The first-order valence-electron chi connectivity index (χ1n) is 15.4. The number of esters is 1. The number of nitrogens with one attached hydrogen (secondary N) is 2. The highest BCUT2D eigenvalue weighted by molar-refractivity contribution is 9.09. The van der Waals surface area contributed by atoms with E-state index in [2.05, 4.69) is 26.6 Å². The second kappa shape index (κ2) is 28.8. The molecule has 11 heteroatoms. The van der Waals surface area contributed by atoms with Crippen LogP contribution in [0.5, 0.6) is 0 Å². The number of ether oxygens (including phenoxy) is 5. The molecule has 0 aromatic carbocycles. The number of carbonyl (C=O) groups is 3. The van der Waals surface area contributed by atoms with Gasteiger partial charge < -0.3 is 34.3 Å². The van der Waals surface area contributed by atoms with Gasteiger partial charge in [-0.15, -0.1) is 0 Å². The van der Waals surface area contributed by atoms with Crippen molar-refractivity contribution < 1.29 is 38.1 Å². The summed E-state index contributed by atoms with van der Waals surface area (Å²) < 4.78 is 27.0. The van der Waals surface area contributed by atoms with Crippen molar-refractivity contribution >= 4 is 33.7 Å². The second-order valence-electron chi connectivity index (χ2n) is 10.9. The van der Waals surface area contributed by atoms with Crippen LogP contribution in [0.4, 0.5) is 0 Å². The van der Waals surface area contributed by atoms with E-state index < -0.39 is 0 Å². The molecule has 0 aliphatic rings. The van der Waals surface area contributed by atoms with Gasteiger partial charge in [0.15, 0.2) is 0 Å². The molecule has 0 saturated heterocycles. The Balaban J connectivity index is 3.24. The average molecular weight is 654 g/mol. The number of hydrogen-bond donors (Lipinski definition) is 2. The predicted molar refractivity (Wildman–Crippen MR) is 164 cm³/mol. The molecule has 0 spiro atoms. The standard InChI is InChI=1S/C30H57BrN2O8/c1-30(2,3)41-29(36)15-13-11-9-7-5-4-6-8-10-12-14-27(34)32-16-18-37-20-22-39-24-25-40-23-21-38-19-17-33-28(35)26-31/h4-26H2,1-3H3,(H,32,34)(H,33,35). The molecule has 0 heterocycles. The van der Waals surface area contributed by atoms with Crippen LogP contribution in [0.3, 0.4) is 0 Å². The number of carbonyl (C=O) groups excluding carboxylic acids is 3. The lowest BCUT2D eigenvalue weighted by Crippen LogP contribution is -2.28. The molecule has 0 aliphatic carbocycles. The summed E-state index contributed by atoms with van der Waals surface area (Å²) >= 11 is 3.08. The summed E-state index contributed by atoms with van der Waals surface area (Å²) in [5, 5.41) is 5.89. The van der Waals surface area contributed by atoms with Crippen molar-refractivity contribution in [2.24, 2.45) is 0 Å². The van der Waals surface area contributed by atoms with E-state index in [9.17, 15) is 14.4 Å². The number of alkyl halides is 1. The van der Waals surface area contributed by atoms with E-state index in [1.165, 1.54) is 38.5 Å². The van der Waals surface area contributed by atoms with Crippen molar-refractivity contribution in [2.45, 2.75) is 103 Å². The van der Waals surface area contributed by atoms with Gasteiger partial charge in [0.2, 0.25) is 11.8 Å². The van der Waals surface area contributed by atoms with Gasteiger partial charge in [0.1, 0.15) is 5.60 Å². The van der Waals surface area contributed by atoms with E-state index in [0.29, 0.717) is 84.1 Å². The highest BCUT2D eigenvalue weighted by Gasteiger charge is 2.15. The molecule has 2 N–H and O–H groups in total. The summed E-state index contributed by atoms with van der Waals surface area (Å²) in [4.78, 5) is 34.6. The maximum atomic E-state index is 11.9. The lowest BCUT2D eigenvalue weighted by Gasteiger charge is -2.19. The fourth-order valence-electron chi connectivity index (χ4n) is 3.78. The van der Waals surface area contributed by atoms with Crippen molar-refractivity contribution in [3.8, 4) is 0 Å². The Morgan fingerprint density at radius 1 is 0.537 bits per heavy atom. The van der Waals surface area contributed by atoms with Crippen LogP contribution >= 0.6 is 15.9 Å². The fraction of sp³-hybridized carbons (Fsp3) is 0.900. The zero-order valence-corrected chi connectivity index (χ0v) is 27.5. The van der Waals surface area contributed by atoms with Gasteiger partial charge in [0.05, 0.1) is 58.2 Å². The molecule has 0 rings (SSSR count). The van der Waals surface area contributed by atoms with E-state index in [1.54, 1.807) is 0 Å². The Kier molecular flexibility index (Phi) is 27.9. The van der Waals surface area contributed by atoms with Gasteiger partial charge in [-0.05, 0) is 33.6 Å². The van der Waals surface area contributed by atoms with Gasteiger partial charge in [0.25, 0.3) is 0 Å². The smallest absolute Gasteiger partial charge is 0.306 e. The highest BCUT2D eigenvalue weighted by Crippen LogP contribution is 2.14. The van der Waals surface area contributed by atoms with E-state index in [-0.39, 0.29) is 23.4 Å². The summed E-state index contributed by atoms with van der Waals surface area (Å²) in [6, 6.07) is 0. The third-order valence-corrected chi connectivity index (χ3v) is 6.34. The van der Waals surface area contributed by atoms with Crippen LogP contribution in [0.2, 0.25) is 0 Å². The zero-order chi connectivity index (χ0) is 30.4. The molecule has 41 heavy (non-hydrogen) atoms. The maximum Gasteiger partial charge on any atom is 0.306 e. The van der Waals surface area contributed by atoms with E-state index >= 15 is 0 Å². The van der Waals surface area contributed by atoms with Crippen molar-refractivity contribution in [3.05, 3.63) is 0 Å². The summed E-state index contributed by atoms with van der Waals surface area (Å²) in [5.41, 5.74) is -0.390. The summed E-state index contributed by atoms with van der Waals surface area (Å²) in [5.74, 6) is -0.0655. The fourth-order valence-corrected chi connectivity index (χ4v) is 3.98. The lowest BCUT2D eigenvalue weighted by molar-refractivity contribution is -0.155. The van der Waals surface area contributed by atoms with Crippen LogP contribution in [-0.4, -0.2) is 94.7 Å². The molecule has 0 aromatic heterocycles. The van der Waals surface area contributed by atoms with Crippen molar-refractivity contribution in [1.29, 1.82) is 0 Å². The van der Waals surface area contributed by atoms with Crippen LogP contribution in [0.15, 0.2) is 0 Å². The molecule has 0 fully saturated rings. The summed E-state index contributed by atoms with van der Waals surface area (Å²) in [6.45, 7) is 10.5. The molecule has 0 saturated carbocycles. The van der Waals surface area contributed by atoms with Gasteiger partial charge in [0, 0.05) is 25.9 Å². The molecular formula is C30H57BrN2O8. The maximum absolute atomic E-state index is 11.9. The molecule has 0 unspecified atom stereocenters. The predicted octanol–water partition coefficient (Wildman–Crippen LogP) is 4.70. The Bertz CT molecular complexity index is 646. The third kappa shape index (κ3) is 33.1.